The van der Waals surface area contributed by atoms with Crippen LogP contribution in [0, 0.1) is 5.41 Å². The number of hydrogen-bond acceptors (Lipinski definition) is 4. The highest BCUT2D eigenvalue weighted by molar-refractivity contribution is 6.06. The van der Waals surface area contributed by atoms with Gasteiger partial charge in [-0.25, -0.2) is 5.06 Å². The molecule has 1 unspecified atom stereocenters. The van der Waals surface area contributed by atoms with E-state index >= 15 is 0 Å². The maximum absolute atomic E-state index is 10.2. The molecule has 0 spiro atoms. The standard InChI is InChI=1S/C20H27N3O2/c1-20(2,3)22-14-18(24)15-25-23(17-12-8-5-9-13-17)19(21)16-10-6-4-7-11-16/h4-13,18,21-22,24H,14-15H2,1-3H3. The number of aliphatic hydroxyl groups excluding tert-OH is 1. The van der Waals surface area contributed by atoms with Crippen molar-refractivity contribution in [3.63, 3.8) is 0 Å². The second-order valence-corrected chi connectivity index (χ2v) is 6.93. The number of aliphatic hydroxyl groups is 1. The molecule has 2 aromatic carbocycles. The van der Waals surface area contributed by atoms with Gasteiger partial charge in [-0.15, -0.1) is 0 Å². The number of nitrogens with zero attached hydrogens (tertiary/aromatic N) is 1. The summed E-state index contributed by atoms with van der Waals surface area (Å²) in [6, 6.07) is 18.8. The van der Waals surface area contributed by atoms with Gasteiger partial charge >= 0.3 is 0 Å². The van der Waals surface area contributed by atoms with E-state index < -0.39 is 6.10 Å². The van der Waals surface area contributed by atoms with E-state index in [-0.39, 0.29) is 18.0 Å². The van der Waals surface area contributed by atoms with Crippen LogP contribution in [-0.4, -0.2) is 35.7 Å². The molecule has 25 heavy (non-hydrogen) atoms. The number of anilines is 1. The third kappa shape index (κ3) is 6.31. The fourth-order valence-electron chi connectivity index (χ4n) is 2.19. The van der Waals surface area contributed by atoms with Crippen molar-refractivity contribution in [1.82, 2.24) is 5.32 Å². The summed E-state index contributed by atoms with van der Waals surface area (Å²) in [5.41, 5.74) is 1.41. The predicted octanol–water partition coefficient (Wildman–Crippen LogP) is 3.20. The van der Waals surface area contributed by atoms with Crippen molar-refractivity contribution in [1.29, 1.82) is 5.41 Å². The van der Waals surface area contributed by atoms with Crippen LogP contribution in [0.5, 0.6) is 0 Å². The van der Waals surface area contributed by atoms with Gasteiger partial charge in [-0.3, -0.25) is 10.2 Å². The van der Waals surface area contributed by atoms with Gasteiger partial charge in [0.1, 0.15) is 6.61 Å². The van der Waals surface area contributed by atoms with Crippen molar-refractivity contribution in [2.45, 2.75) is 32.4 Å². The number of para-hydroxylation sites is 1. The summed E-state index contributed by atoms with van der Waals surface area (Å²) in [4.78, 5) is 5.79. The van der Waals surface area contributed by atoms with Gasteiger partial charge in [0, 0.05) is 17.6 Å². The van der Waals surface area contributed by atoms with Crippen LogP contribution in [0.25, 0.3) is 0 Å². The van der Waals surface area contributed by atoms with Gasteiger partial charge in [0.25, 0.3) is 0 Å². The second kappa shape index (κ2) is 8.76. The average molecular weight is 341 g/mol. The zero-order valence-electron chi connectivity index (χ0n) is 15.1. The summed E-state index contributed by atoms with van der Waals surface area (Å²) in [7, 11) is 0. The Morgan fingerprint density at radius 3 is 2.20 bits per heavy atom. The second-order valence-electron chi connectivity index (χ2n) is 6.93. The molecule has 134 valence electrons. The zero-order valence-corrected chi connectivity index (χ0v) is 15.1. The third-order valence-electron chi connectivity index (χ3n) is 3.51. The molecule has 5 heteroatoms. The van der Waals surface area contributed by atoms with E-state index in [9.17, 15) is 5.11 Å². The molecule has 0 fully saturated rings. The Labute approximate surface area is 149 Å². The Hall–Kier alpha value is -2.21. The van der Waals surface area contributed by atoms with E-state index in [1.54, 1.807) is 0 Å². The smallest absolute Gasteiger partial charge is 0.157 e. The summed E-state index contributed by atoms with van der Waals surface area (Å²) < 4.78 is 0. The molecule has 0 heterocycles. The number of β-amino-alcohol motifs (C(OH)–C–C–N with tert-alkyl or cyclic N) is 1. The lowest BCUT2D eigenvalue weighted by atomic mass is 10.1. The third-order valence-corrected chi connectivity index (χ3v) is 3.51. The molecule has 0 saturated heterocycles. The highest BCUT2D eigenvalue weighted by Crippen LogP contribution is 2.17. The predicted molar refractivity (Wildman–Crippen MR) is 102 cm³/mol. The number of rotatable bonds is 7. The molecule has 0 bridgehead atoms. The van der Waals surface area contributed by atoms with Crippen molar-refractivity contribution in [2.24, 2.45) is 0 Å². The maximum Gasteiger partial charge on any atom is 0.157 e. The lowest BCUT2D eigenvalue weighted by Gasteiger charge is -2.27. The fourth-order valence-corrected chi connectivity index (χ4v) is 2.19. The minimum Gasteiger partial charge on any atom is -0.389 e. The highest BCUT2D eigenvalue weighted by Gasteiger charge is 2.18. The van der Waals surface area contributed by atoms with Crippen LogP contribution in [0.2, 0.25) is 0 Å². The lowest BCUT2D eigenvalue weighted by molar-refractivity contribution is 0.0374. The minimum absolute atomic E-state index is 0.0726. The van der Waals surface area contributed by atoms with E-state index in [4.69, 9.17) is 10.2 Å². The first-order valence-corrected chi connectivity index (χ1v) is 8.42. The molecule has 1 atom stereocenters. The molecule has 2 aromatic rings. The number of nitrogens with one attached hydrogen (secondary N) is 2. The zero-order chi connectivity index (χ0) is 18.3. The van der Waals surface area contributed by atoms with Crippen molar-refractivity contribution in [3.05, 3.63) is 66.2 Å². The van der Waals surface area contributed by atoms with Gasteiger partial charge in [-0.2, -0.15) is 0 Å². The van der Waals surface area contributed by atoms with Crippen LogP contribution in [0.1, 0.15) is 26.3 Å². The van der Waals surface area contributed by atoms with Crippen LogP contribution in [0.15, 0.2) is 60.7 Å². The van der Waals surface area contributed by atoms with Crippen LogP contribution in [-0.2, 0) is 4.84 Å². The van der Waals surface area contributed by atoms with Crippen molar-refractivity contribution in [2.75, 3.05) is 18.2 Å². The van der Waals surface area contributed by atoms with Gasteiger partial charge in [0.2, 0.25) is 0 Å². The van der Waals surface area contributed by atoms with E-state index in [1.807, 2.05) is 81.4 Å². The Morgan fingerprint density at radius 2 is 1.64 bits per heavy atom. The SMILES string of the molecule is CC(C)(C)NCC(O)CON(C(=N)c1ccccc1)c1ccccc1. The number of hydrogen-bond donors (Lipinski definition) is 3. The van der Waals surface area contributed by atoms with E-state index in [2.05, 4.69) is 5.32 Å². The Kier molecular flexibility index (Phi) is 6.70. The number of hydroxylamine groups is 1. The molecule has 5 nitrogen and oxygen atoms in total. The van der Waals surface area contributed by atoms with Crippen LogP contribution < -0.4 is 10.4 Å². The summed E-state index contributed by atoms with van der Waals surface area (Å²) in [6.45, 7) is 6.64. The molecular formula is C20H27N3O2. The fraction of sp³-hybridized carbons (Fsp3) is 0.350. The van der Waals surface area contributed by atoms with E-state index in [0.717, 1.165) is 11.3 Å². The summed E-state index contributed by atoms with van der Waals surface area (Å²) in [5.74, 6) is 0.225. The molecule has 2 rings (SSSR count). The molecule has 0 amide bonds. The number of benzene rings is 2. The van der Waals surface area contributed by atoms with Crippen molar-refractivity contribution in [3.8, 4) is 0 Å². The van der Waals surface area contributed by atoms with Gasteiger partial charge in [0.05, 0.1) is 11.8 Å². The largest absolute Gasteiger partial charge is 0.389 e. The first-order chi connectivity index (χ1) is 11.9. The van der Waals surface area contributed by atoms with Crippen LogP contribution in [0.4, 0.5) is 5.69 Å². The Bertz CT molecular complexity index is 654. The minimum atomic E-state index is -0.672. The average Bonchev–Trinajstić information content (AvgIpc) is 2.61. The van der Waals surface area contributed by atoms with Crippen molar-refractivity contribution < 1.29 is 9.94 Å². The van der Waals surface area contributed by atoms with E-state index in [0.29, 0.717) is 6.54 Å². The molecule has 0 aliphatic rings. The molecular weight excluding hydrogens is 314 g/mol. The normalized spacial score (nSPS) is 12.6. The number of amidine groups is 1. The first-order valence-electron chi connectivity index (χ1n) is 8.42. The maximum atomic E-state index is 10.2. The molecule has 0 saturated carbocycles. The Balaban J connectivity index is 2.07. The molecule has 0 aromatic heterocycles. The van der Waals surface area contributed by atoms with Gasteiger partial charge in [-0.1, -0.05) is 48.5 Å². The van der Waals surface area contributed by atoms with Gasteiger partial charge < -0.3 is 10.4 Å². The molecule has 0 aliphatic heterocycles. The quantitative estimate of drug-likeness (QED) is 0.411. The lowest BCUT2D eigenvalue weighted by Crippen LogP contribution is -2.43. The molecule has 3 N–H and O–H groups in total. The molecule has 0 aliphatic carbocycles. The van der Waals surface area contributed by atoms with E-state index in [1.165, 1.54) is 5.06 Å². The van der Waals surface area contributed by atoms with Crippen LogP contribution >= 0.6 is 0 Å². The first kappa shape index (κ1) is 19.1. The van der Waals surface area contributed by atoms with Gasteiger partial charge in [0.15, 0.2) is 5.84 Å². The highest BCUT2D eigenvalue weighted by atomic mass is 16.7. The summed E-state index contributed by atoms with van der Waals surface area (Å²) >= 11 is 0. The topological polar surface area (TPSA) is 68.6 Å². The Morgan fingerprint density at radius 1 is 1.08 bits per heavy atom. The van der Waals surface area contributed by atoms with Crippen molar-refractivity contribution >= 4 is 11.5 Å². The van der Waals surface area contributed by atoms with Gasteiger partial charge in [-0.05, 0) is 32.9 Å². The summed E-state index contributed by atoms with van der Waals surface area (Å²) in [6.07, 6.45) is -0.672. The van der Waals surface area contributed by atoms with Crippen LogP contribution in [0.3, 0.4) is 0 Å². The molecule has 0 radical (unpaired) electrons. The monoisotopic (exact) mass is 341 g/mol. The summed E-state index contributed by atoms with van der Waals surface area (Å²) in [5, 5.41) is 23.3.